The first-order valence-electron chi connectivity index (χ1n) is 15.3. The lowest BCUT2D eigenvalue weighted by Gasteiger charge is -2.30. The molecule has 5 amide bonds. The lowest BCUT2D eigenvalue weighted by Crippen LogP contribution is -2.57. The van der Waals surface area contributed by atoms with Gasteiger partial charge in [0.25, 0.3) is 0 Å². The normalized spacial score (nSPS) is 14.6. The average molecular weight is 657 g/mol. The Morgan fingerprint density at radius 2 is 1.51 bits per heavy atom. The number of nitrogens with one attached hydrogen (secondary N) is 5. The van der Waals surface area contributed by atoms with Gasteiger partial charge in [-0.2, -0.15) is 0 Å². The number of hydrogen-bond donors (Lipinski definition) is 6. The summed E-state index contributed by atoms with van der Waals surface area (Å²) in [6.07, 6.45) is -2.50. The summed E-state index contributed by atoms with van der Waals surface area (Å²) >= 11 is 1.32. The van der Waals surface area contributed by atoms with Gasteiger partial charge in [-0.15, -0.1) is 11.3 Å². The molecule has 256 valence electrons. The Kier molecular flexibility index (Phi) is 17.4. The highest BCUT2D eigenvalue weighted by molar-refractivity contribution is 7.09. The van der Waals surface area contributed by atoms with E-state index in [1.165, 1.54) is 11.3 Å². The molecule has 1 aromatic rings. The van der Waals surface area contributed by atoms with Gasteiger partial charge in [0, 0.05) is 23.5 Å². The third-order valence-electron chi connectivity index (χ3n) is 6.73. The van der Waals surface area contributed by atoms with Crippen molar-refractivity contribution in [2.75, 3.05) is 20.2 Å². The molecule has 0 saturated carbocycles. The van der Waals surface area contributed by atoms with E-state index in [-0.39, 0.29) is 43.2 Å². The molecule has 0 aliphatic heterocycles. The number of nitrogens with zero attached hydrogens (tertiary/aromatic N) is 1. The Morgan fingerprint density at radius 3 is 2.04 bits per heavy atom. The monoisotopic (exact) mass is 656 g/mol. The number of alkyl carbamates (subject to hydrolysis) is 2. The number of hydrogen-bond acceptors (Lipinski definition) is 10. The van der Waals surface area contributed by atoms with Crippen LogP contribution in [0.1, 0.15) is 72.0 Å². The number of thiazole rings is 1. The number of aliphatic hydroxyl groups excluding tert-OH is 1. The number of carbonyl (C=O) groups is 5. The lowest BCUT2D eigenvalue weighted by atomic mass is 9.91. The molecule has 5 atom stereocenters. The summed E-state index contributed by atoms with van der Waals surface area (Å²) in [6.45, 7) is 15.0. The van der Waals surface area contributed by atoms with Crippen LogP contribution in [-0.2, 0) is 30.5 Å². The first kappa shape index (κ1) is 39.6. The van der Waals surface area contributed by atoms with Crippen molar-refractivity contribution < 1.29 is 38.6 Å². The van der Waals surface area contributed by atoms with Crippen LogP contribution in [0.4, 0.5) is 9.59 Å². The molecular formula is C30H52N6O8S. The van der Waals surface area contributed by atoms with Gasteiger partial charge in [-0.3, -0.25) is 14.4 Å². The van der Waals surface area contributed by atoms with E-state index in [1.54, 1.807) is 6.92 Å². The van der Waals surface area contributed by atoms with Crippen LogP contribution >= 0.6 is 11.3 Å². The first-order valence-corrected chi connectivity index (χ1v) is 16.1. The van der Waals surface area contributed by atoms with E-state index in [4.69, 9.17) is 4.74 Å². The van der Waals surface area contributed by atoms with Crippen LogP contribution in [0.3, 0.4) is 0 Å². The SMILES string of the molecule is COC(=O)NCC(NC(=O)OCc1nc(C)cs1)C(=O)NC(CC(C)C)C(O)CC(C)C(=O)NC(C(=O)NCC(C)C)C(C)C. The molecule has 5 unspecified atom stereocenters. The topological polar surface area (TPSA) is 197 Å². The van der Waals surface area contributed by atoms with E-state index in [2.05, 4.69) is 36.3 Å². The van der Waals surface area contributed by atoms with Crippen LogP contribution in [0.2, 0.25) is 0 Å². The number of aliphatic hydroxyl groups is 1. The maximum absolute atomic E-state index is 13.4. The Hall–Kier alpha value is -3.46. The summed E-state index contributed by atoms with van der Waals surface area (Å²) in [5, 5.41) is 26.8. The highest BCUT2D eigenvalue weighted by Gasteiger charge is 2.32. The van der Waals surface area contributed by atoms with Gasteiger partial charge in [0.1, 0.15) is 23.7 Å². The molecule has 0 bridgehead atoms. The van der Waals surface area contributed by atoms with E-state index < -0.39 is 54.1 Å². The second-order valence-corrected chi connectivity index (χ2v) is 13.3. The second-order valence-electron chi connectivity index (χ2n) is 12.3. The number of amides is 5. The van der Waals surface area contributed by atoms with Gasteiger partial charge in [-0.1, -0.05) is 48.5 Å². The van der Waals surface area contributed by atoms with Crippen LogP contribution < -0.4 is 26.6 Å². The van der Waals surface area contributed by atoms with Gasteiger partial charge >= 0.3 is 12.2 Å². The Bertz CT molecular complexity index is 1110. The summed E-state index contributed by atoms with van der Waals surface area (Å²) in [4.78, 5) is 67.6. The van der Waals surface area contributed by atoms with Crippen molar-refractivity contribution in [3.05, 3.63) is 16.1 Å². The van der Waals surface area contributed by atoms with E-state index >= 15 is 0 Å². The van der Waals surface area contributed by atoms with E-state index in [1.807, 2.05) is 53.8 Å². The molecule has 1 aromatic heterocycles. The number of carbonyl (C=O) groups excluding carboxylic acids is 5. The molecule has 0 aliphatic carbocycles. The Morgan fingerprint density at radius 1 is 0.844 bits per heavy atom. The molecule has 1 heterocycles. The molecule has 0 radical (unpaired) electrons. The van der Waals surface area contributed by atoms with Crippen molar-refractivity contribution >= 4 is 41.2 Å². The molecule has 1 rings (SSSR count). The Balaban J connectivity index is 2.95. The average Bonchev–Trinajstić information content (AvgIpc) is 3.38. The highest BCUT2D eigenvalue weighted by Crippen LogP contribution is 2.17. The molecule has 14 nitrogen and oxygen atoms in total. The van der Waals surface area contributed by atoms with Crippen LogP contribution in [0.15, 0.2) is 5.38 Å². The molecule has 6 N–H and O–H groups in total. The minimum absolute atomic E-state index is 0.00426. The summed E-state index contributed by atoms with van der Waals surface area (Å²) < 4.78 is 9.77. The van der Waals surface area contributed by atoms with Crippen molar-refractivity contribution in [2.45, 2.75) is 99.1 Å². The smallest absolute Gasteiger partial charge is 0.408 e. The van der Waals surface area contributed by atoms with Crippen molar-refractivity contribution in [1.29, 1.82) is 0 Å². The molecule has 0 aliphatic rings. The van der Waals surface area contributed by atoms with Gasteiger partial charge < -0.3 is 41.2 Å². The van der Waals surface area contributed by atoms with Gasteiger partial charge in [0.15, 0.2) is 0 Å². The molecule has 45 heavy (non-hydrogen) atoms. The third-order valence-corrected chi connectivity index (χ3v) is 7.67. The summed E-state index contributed by atoms with van der Waals surface area (Å²) in [6, 6.07) is -2.80. The number of aromatic nitrogens is 1. The zero-order chi connectivity index (χ0) is 34.3. The fourth-order valence-corrected chi connectivity index (χ4v) is 4.91. The predicted octanol–water partition coefficient (Wildman–Crippen LogP) is 2.23. The minimum atomic E-state index is -1.27. The van der Waals surface area contributed by atoms with Crippen molar-refractivity contribution in [3.8, 4) is 0 Å². The second kappa shape index (κ2) is 19.8. The van der Waals surface area contributed by atoms with Crippen LogP contribution in [0.25, 0.3) is 0 Å². The summed E-state index contributed by atoms with van der Waals surface area (Å²) in [7, 11) is 1.16. The lowest BCUT2D eigenvalue weighted by molar-refractivity contribution is -0.132. The molecule has 0 spiro atoms. The number of aryl methyl sites for hydroxylation is 1. The van der Waals surface area contributed by atoms with E-state index in [0.717, 1.165) is 12.8 Å². The standard InChI is InChI=1S/C30H52N6O8S/c1-16(2)10-21(23(37)11-19(7)26(38)36-25(18(5)6)28(40)31-12-17(3)4)34-27(39)22(13-32-29(41)43-9)35-30(42)44-14-24-33-20(8)15-45-24/h15-19,21-23,25,37H,10-14H2,1-9H3,(H,31,40)(H,32,41)(H,34,39)(H,35,42)(H,36,38). The first-order chi connectivity index (χ1) is 21.0. The summed E-state index contributed by atoms with van der Waals surface area (Å²) in [5.41, 5.74) is 0.784. The molecule has 15 heteroatoms. The summed E-state index contributed by atoms with van der Waals surface area (Å²) in [5.74, 6) is -1.90. The fraction of sp³-hybridized carbons (Fsp3) is 0.733. The zero-order valence-electron chi connectivity index (χ0n) is 27.9. The van der Waals surface area contributed by atoms with Gasteiger partial charge in [-0.05, 0) is 37.5 Å². The maximum Gasteiger partial charge on any atom is 0.408 e. The predicted molar refractivity (Wildman–Crippen MR) is 170 cm³/mol. The molecular weight excluding hydrogens is 604 g/mol. The molecule has 0 aromatic carbocycles. The van der Waals surface area contributed by atoms with Crippen LogP contribution in [0.5, 0.6) is 0 Å². The van der Waals surface area contributed by atoms with E-state index in [9.17, 15) is 29.1 Å². The van der Waals surface area contributed by atoms with E-state index in [0.29, 0.717) is 18.0 Å². The van der Waals surface area contributed by atoms with Crippen molar-refractivity contribution in [3.63, 3.8) is 0 Å². The molecule has 0 saturated heterocycles. The van der Waals surface area contributed by atoms with Crippen LogP contribution in [-0.4, -0.2) is 84.4 Å². The van der Waals surface area contributed by atoms with Gasteiger partial charge in [0.2, 0.25) is 17.7 Å². The quantitative estimate of drug-likeness (QED) is 0.137. The number of rotatable bonds is 18. The van der Waals surface area contributed by atoms with Crippen molar-refractivity contribution in [1.82, 2.24) is 31.6 Å². The van der Waals surface area contributed by atoms with Gasteiger partial charge in [0.05, 0.1) is 25.8 Å². The fourth-order valence-electron chi connectivity index (χ4n) is 4.23. The maximum atomic E-state index is 13.4. The molecule has 0 fully saturated rings. The minimum Gasteiger partial charge on any atom is -0.453 e. The van der Waals surface area contributed by atoms with Crippen LogP contribution in [0, 0.1) is 30.6 Å². The third kappa shape index (κ3) is 15.4. The number of ether oxygens (including phenoxy) is 2. The van der Waals surface area contributed by atoms with Gasteiger partial charge in [-0.25, -0.2) is 14.6 Å². The Labute approximate surface area is 270 Å². The number of methoxy groups -OCH3 is 1. The zero-order valence-corrected chi connectivity index (χ0v) is 28.7. The largest absolute Gasteiger partial charge is 0.453 e. The van der Waals surface area contributed by atoms with Crippen molar-refractivity contribution in [2.24, 2.45) is 23.7 Å². The highest BCUT2D eigenvalue weighted by atomic mass is 32.1.